The first kappa shape index (κ1) is 6.05. The average molecular weight is 103 g/mol. The van der Waals surface area contributed by atoms with E-state index >= 15 is 0 Å². The minimum Gasteiger partial charge on any atom is -0.274 e. The van der Waals surface area contributed by atoms with Crippen molar-refractivity contribution < 1.29 is 0 Å². The van der Waals surface area contributed by atoms with Gasteiger partial charge < -0.3 is 0 Å². The number of rotatable bonds is 1. The van der Waals surface area contributed by atoms with Crippen molar-refractivity contribution in [3.05, 3.63) is 11.0 Å². The predicted octanol–water partition coefficient (Wildman–Crippen LogP) is 1.52. The van der Waals surface area contributed by atoms with E-state index < -0.39 is 0 Å². The summed E-state index contributed by atoms with van der Waals surface area (Å²) in [6.07, 6.45) is 1.98. The zero-order chi connectivity index (χ0) is 4.99. The molecule has 0 aromatic carbocycles. The normalized spacial score (nSPS) is 12.2. The molecule has 0 aliphatic carbocycles. The summed E-state index contributed by atoms with van der Waals surface area (Å²) in [6.45, 7) is 3.94. The van der Waals surface area contributed by atoms with Gasteiger partial charge in [0, 0.05) is 0 Å². The van der Waals surface area contributed by atoms with Gasteiger partial charge in [-0.1, -0.05) is 18.0 Å². The van der Waals surface area contributed by atoms with Crippen molar-refractivity contribution in [2.24, 2.45) is 5.14 Å². The van der Waals surface area contributed by atoms with Crippen molar-refractivity contribution in [3.63, 3.8) is 0 Å². The Kier molecular flexibility index (Phi) is 3.28. The highest BCUT2D eigenvalue weighted by molar-refractivity contribution is 8.00. The number of nitrogens with two attached hydrogens (primary N) is 1. The van der Waals surface area contributed by atoms with Crippen molar-refractivity contribution in [1.29, 1.82) is 0 Å². The first-order valence-corrected chi connectivity index (χ1v) is 2.69. The van der Waals surface area contributed by atoms with Crippen LogP contribution in [0, 0.1) is 0 Å². The highest BCUT2D eigenvalue weighted by atomic mass is 32.2. The van der Waals surface area contributed by atoms with Crippen LogP contribution in [0.2, 0.25) is 0 Å². The summed E-state index contributed by atoms with van der Waals surface area (Å²) >= 11 is 1.29. The minimum atomic E-state index is 1.16. The molecule has 2 N–H and O–H groups in total. The summed E-state index contributed by atoms with van der Waals surface area (Å²) in [5.74, 6) is 0. The molecule has 0 radical (unpaired) electrons. The smallest absolute Gasteiger partial charge is 0.00726 e. The first-order chi connectivity index (χ1) is 2.81. The lowest BCUT2D eigenvalue weighted by Crippen LogP contribution is -1.74. The molecule has 36 valence electrons. The summed E-state index contributed by atoms with van der Waals surface area (Å²) < 4.78 is 0. The van der Waals surface area contributed by atoms with Crippen LogP contribution >= 0.6 is 11.9 Å². The quantitative estimate of drug-likeness (QED) is 0.509. The van der Waals surface area contributed by atoms with Crippen molar-refractivity contribution in [3.8, 4) is 0 Å². The molecule has 0 aliphatic rings. The highest BCUT2D eigenvalue weighted by Gasteiger charge is 1.74. The lowest BCUT2D eigenvalue weighted by Gasteiger charge is -1.84. The van der Waals surface area contributed by atoms with Gasteiger partial charge in [0.15, 0.2) is 0 Å². The van der Waals surface area contributed by atoms with Crippen LogP contribution in [0.25, 0.3) is 0 Å². The molecule has 0 bridgehead atoms. The summed E-state index contributed by atoms with van der Waals surface area (Å²) in [5, 5.41) is 5.13. The maximum Gasteiger partial charge on any atom is -0.00726 e. The van der Waals surface area contributed by atoms with Crippen molar-refractivity contribution in [2.75, 3.05) is 0 Å². The van der Waals surface area contributed by atoms with Gasteiger partial charge >= 0.3 is 0 Å². The van der Waals surface area contributed by atoms with E-state index in [1.165, 1.54) is 11.9 Å². The molecule has 0 aromatic heterocycles. The van der Waals surface area contributed by atoms with E-state index in [1.807, 2.05) is 19.9 Å². The minimum absolute atomic E-state index is 1.16. The van der Waals surface area contributed by atoms with E-state index in [9.17, 15) is 0 Å². The molecule has 6 heavy (non-hydrogen) atoms. The maximum atomic E-state index is 5.13. The molecular formula is C4H9NS. The lowest BCUT2D eigenvalue weighted by atomic mass is 10.6. The second-order valence-corrected chi connectivity index (χ2v) is 1.90. The Balaban J connectivity index is 3.22. The SMILES string of the molecule is C/C=C(\C)SN. The molecule has 0 amide bonds. The molecule has 0 aromatic rings. The molecule has 0 rings (SSSR count). The second kappa shape index (κ2) is 3.25. The Morgan fingerprint density at radius 1 is 1.83 bits per heavy atom. The lowest BCUT2D eigenvalue weighted by molar-refractivity contribution is 1.59. The summed E-state index contributed by atoms with van der Waals surface area (Å²) in [4.78, 5) is 1.16. The molecule has 0 fully saturated rings. The van der Waals surface area contributed by atoms with Gasteiger partial charge in [-0.2, -0.15) is 0 Å². The van der Waals surface area contributed by atoms with E-state index in [4.69, 9.17) is 5.14 Å². The molecule has 1 nitrogen and oxygen atoms in total. The fourth-order valence-electron chi connectivity index (χ4n) is 0.0680. The van der Waals surface area contributed by atoms with E-state index in [2.05, 4.69) is 0 Å². The molecule has 2 heteroatoms. The first-order valence-electron chi connectivity index (χ1n) is 1.81. The van der Waals surface area contributed by atoms with Crippen LogP contribution in [0.5, 0.6) is 0 Å². The fourth-order valence-corrected chi connectivity index (χ4v) is 0.204. The number of allylic oxidation sites excluding steroid dienone is 2. The van der Waals surface area contributed by atoms with Crippen LogP contribution in [0.1, 0.15) is 13.8 Å². The Hall–Kier alpha value is 0.0500. The third-order valence-electron chi connectivity index (χ3n) is 0.592. The Labute approximate surface area is 42.7 Å². The van der Waals surface area contributed by atoms with Gasteiger partial charge in [0.05, 0.1) is 0 Å². The molecule has 0 saturated carbocycles. The third kappa shape index (κ3) is 2.30. The summed E-state index contributed by atoms with van der Waals surface area (Å²) in [5.41, 5.74) is 0. The fraction of sp³-hybridized carbons (Fsp3) is 0.500. The Bertz CT molecular complexity index is 58.6. The van der Waals surface area contributed by atoms with Gasteiger partial charge in [0.25, 0.3) is 0 Å². The average Bonchev–Trinajstić information content (AvgIpc) is 1.65. The summed E-state index contributed by atoms with van der Waals surface area (Å²) in [7, 11) is 0. The van der Waals surface area contributed by atoms with Crippen molar-refractivity contribution in [2.45, 2.75) is 13.8 Å². The van der Waals surface area contributed by atoms with Gasteiger partial charge in [0.2, 0.25) is 0 Å². The van der Waals surface area contributed by atoms with E-state index in [-0.39, 0.29) is 0 Å². The second-order valence-electron chi connectivity index (χ2n) is 1.02. The van der Waals surface area contributed by atoms with E-state index in [0.717, 1.165) is 4.91 Å². The predicted molar refractivity (Wildman–Crippen MR) is 31.2 cm³/mol. The Morgan fingerprint density at radius 3 is 2.33 bits per heavy atom. The van der Waals surface area contributed by atoms with Crippen molar-refractivity contribution >= 4 is 11.9 Å². The molecule has 0 heterocycles. The Morgan fingerprint density at radius 2 is 2.33 bits per heavy atom. The van der Waals surface area contributed by atoms with Crippen LogP contribution in [-0.2, 0) is 0 Å². The van der Waals surface area contributed by atoms with Gasteiger partial charge in [-0.3, -0.25) is 5.14 Å². The third-order valence-corrected chi connectivity index (χ3v) is 1.20. The molecule has 0 atom stereocenters. The van der Waals surface area contributed by atoms with Crippen LogP contribution in [0.4, 0.5) is 0 Å². The monoisotopic (exact) mass is 103 g/mol. The van der Waals surface area contributed by atoms with Crippen LogP contribution in [-0.4, -0.2) is 0 Å². The van der Waals surface area contributed by atoms with Gasteiger partial charge in [-0.05, 0) is 18.8 Å². The van der Waals surface area contributed by atoms with Gasteiger partial charge in [-0.25, -0.2) is 0 Å². The number of hydrogen-bond donors (Lipinski definition) is 1. The van der Waals surface area contributed by atoms with Crippen LogP contribution < -0.4 is 5.14 Å². The zero-order valence-electron chi connectivity index (χ0n) is 4.06. The highest BCUT2D eigenvalue weighted by Crippen LogP contribution is 2.02. The molecular weight excluding hydrogens is 94.1 g/mol. The number of hydrogen-bond acceptors (Lipinski definition) is 2. The molecule has 0 unspecified atom stereocenters. The zero-order valence-corrected chi connectivity index (χ0v) is 4.88. The molecule has 0 aliphatic heterocycles. The maximum absolute atomic E-state index is 5.13. The van der Waals surface area contributed by atoms with Crippen molar-refractivity contribution in [1.82, 2.24) is 0 Å². The van der Waals surface area contributed by atoms with Crippen LogP contribution in [0.3, 0.4) is 0 Å². The standard InChI is InChI=1S/C4H9NS/c1-3-4(2)6-5/h3H,5H2,1-2H3/b4-3+. The molecule has 0 saturated heterocycles. The van der Waals surface area contributed by atoms with E-state index in [0.29, 0.717) is 0 Å². The van der Waals surface area contributed by atoms with Crippen LogP contribution in [0.15, 0.2) is 11.0 Å². The largest absolute Gasteiger partial charge is 0.274 e. The summed E-state index contributed by atoms with van der Waals surface area (Å²) in [6, 6.07) is 0. The van der Waals surface area contributed by atoms with Gasteiger partial charge in [-0.15, -0.1) is 0 Å². The topological polar surface area (TPSA) is 26.0 Å². The van der Waals surface area contributed by atoms with Gasteiger partial charge in [0.1, 0.15) is 0 Å². The van der Waals surface area contributed by atoms with E-state index in [1.54, 1.807) is 0 Å². The molecule has 0 spiro atoms.